The molecule has 0 aromatic carbocycles. The van der Waals surface area contributed by atoms with Gasteiger partial charge in [0.05, 0.1) is 6.10 Å². The van der Waals surface area contributed by atoms with Gasteiger partial charge in [0.1, 0.15) is 0 Å². The Kier molecular flexibility index (Phi) is 2.65. The summed E-state index contributed by atoms with van der Waals surface area (Å²) in [5.41, 5.74) is 11.5. The topological polar surface area (TPSA) is 61.3 Å². The van der Waals surface area contributed by atoms with Crippen LogP contribution in [0.5, 0.6) is 0 Å². The molecule has 60 valence electrons. The Hall–Kier alpha value is -0.120. The summed E-state index contributed by atoms with van der Waals surface area (Å²) in [4.78, 5) is 0. The van der Waals surface area contributed by atoms with E-state index in [9.17, 15) is 0 Å². The molecule has 0 aromatic heterocycles. The molecule has 0 heterocycles. The largest absolute Gasteiger partial charge is 0.381 e. The normalized spacial score (nSPS) is 41.7. The van der Waals surface area contributed by atoms with Crippen LogP contribution in [0.15, 0.2) is 0 Å². The third-order valence-corrected chi connectivity index (χ3v) is 2.24. The number of hydrogen-bond acceptors (Lipinski definition) is 3. The van der Waals surface area contributed by atoms with E-state index in [1.807, 2.05) is 0 Å². The number of methoxy groups -OCH3 is 1. The van der Waals surface area contributed by atoms with Crippen molar-refractivity contribution in [2.75, 3.05) is 7.11 Å². The lowest BCUT2D eigenvalue weighted by Gasteiger charge is -2.30. The minimum Gasteiger partial charge on any atom is -0.381 e. The Labute approximate surface area is 61.7 Å². The van der Waals surface area contributed by atoms with Crippen molar-refractivity contribution in [2.24, 2.45) is 11.5 Å². The van der Waals surface area contributed by atoms with Crippen LogP contribution in [0.1, 0.15) is 19.3 Å². The summed E-state index contributed by atoms with van der Waals surface area (Å²) in [6, 6.07) is 0.324. The molecular weight excluding hydrogens is 128 g/mol. The van der Waals surface area contributed by atoms with Gasteiger partial charge in [-0.05, 0) is 19.3 Å². The molecule has 3 atom stereocenters. The van der Waals surface area contributed by atoms with Gasteiger partial charge < -0.3 is 16.2 Å². The average Bonchev–Trinajstić information content (AvgIpc) is 1.95. The molecule has 1 aliphatic carbocycles. The zero-order chi connectivity index (χ0) is 7.56. The number of rotatable bonds is 1. The van der Waals surface area contributed by atoms with E-state index in [4.69, 9.17) is 16.2 Å². The molecule has 0 aliphatic heterocycles. The first-order valence-electron chi connectivity index (χ1n) is 3.78. The molecule has 1 aliphatic rings. The lowest BCUT2D eigenvalue weighted by molar-refractivity contribution is 0.0591. The van der Waals surface area contributed by atoms with Crippen molar-refractivity contribution in [3.8, 4) is 0 Å². The van der Waals surface area contributed by atoms with Crippen molar-refractivity contribution in [2.45, 2.75) is 37.5 Å². The molecule has 10 heavy (non-hydrogen) atoms. The summed E-state index contributed by atoms with van der Waals surface area (Å²) >= 11 is 0. The first kappa shape index (κ1) is 7.98. The van der Waals surface area contributed by atoms with Crippen LogP contribution in [0.3, 0.4) is 0 Å². The van der Waals surface area contributed by atoms with Crippen LogP contribution in [0, 0.1) is 0 Å². The molecule has 4 N–H and O–H groups in total. The molecule has 0 radical (unpaired) electrons. The summed E-state index contributed by atoms with van der Waals surface area (Å²) in [7, 11) is 1.73. The number of hydrogen-bond donors (Lipinski definition) is 2. The predicted molar refractivity (Wildman–Crippen MR) is 40.6 cm³/mol. The molecule has 3 unspecified atom stereocenters. The maximum absolute atomic E-state index is 5.74. The zero-order valence-corrected chi connectivity index (χ0v) is 6.42. The van der Waals surface area contributed by atoms with E-state index in [1.165, 1.54) is 0 Å². The lowest BCUT2D eigenvalue weighted by Crippen LogP contribution is -2.47. The Morgan fingerprint density at radius 1 is 1.20 bits per heavy atom. The van der Waals surface area contributed by atoms with Crippen LogP contribution in [-0.2, 0) is 4.74 Å². The molecule has 0 amide bonds. The highest BCUT2D eigenvalue weighted by atomic mass is 16.5. The second-order valence-electron chi connectivity index (χ2n) is 3.00. The SMILES string of the molecule is COC1CCC(N)C(N)C1. The van der Waals surface area contributed by atoms with Crippen LogP contribution < -0.4 is 11.5 Å². The van der Waals surface area contributed by atoms with Gasteiger partial charge >= 0.3 is 0 Å². The van der Waals surface area contributed by atoms with E-state index >= 15 is 0 Å². The van der Waals surface area contributed by atoms with E-state index in [-0.39, 0.29) is 12.1 Å². The molecule has 1 rings (SSSR count). The van der Waals surface area contributed by atoms with E-state index in [2.05, 4.69) is 0 Å². The predicted octanol–water partition coefficient (Wildman–Crippen LogP) is -0.160. The van der Waals surface area contributed by atoms with Gasteiger partial charge in [-0.2, -0.15) is 0 Å². The van der Waals surface area contributed by atoms with Crippen LogP contribution in [0.4, 0.5) is 0 Å². The van der Waals surface area contributed by atoms with Crippen molar-refractivity contribution in [3.63, 3.8) is 0 Å². The Morgan fingerprint density at radius 2 is 1.90 bits per heavy atom. The van der Waals surface area contributed by atoms with Gasteiger partial charge in [0.2, 0.25) is 0 Å². The van der Waals surface area contributed by atoms with Crippen molar-refractivity contribution in [3.05, 3.63) is 0 Å². The highest BCUT2D eigenvalue weighted by Gasteiger charge is 2.24. The molecule has 1 saturated carbocycles. The van der Waals surface area contributed by atoms with Gasteiger partial charge in [0, 0.05) is 19.2 Å². The van der Waals surface area contributed by atoms with Gasteiger partial charge in [-0.15, -0.1) is 0 Å². The molecule has 0 bridgehead atoms. The maximum Gasteiger partial charge on any atom is 0.0587 e. The molecule has 0 spiro atoms. The zero-order valence-electron chi connectivity index (χ0n) is 6.42. The fraction of sp³-hybridized carbons (Fsp3) is 1.00. The smallest absolute Gasteiger partial charge is 0.0587 e. The number of nitrogens with two attached hydrogens (primary N) is 2. The van der Waals surface area contributed by atoms with Crippen molar-refractivity contribution in [1.82, 2.24) is 0 Å². The summed E-state index contributed by atoms with van der Waals surface area (Å²) in [6.07, 6.45) is 3.32. The van der Waals surface area contributed by atoms with E-state index in [0.717, 1.165) is 19.3 Å². The van der Waals surface area contributed by atoms with E-state index < -0.39 is 0 Å². The standard InChI is InChI=1S/C7H16N2O/c1-10-5-2-3-6(8)7(9)4-5/h5-7H,2-4,8-9H2,1H3. The quantitative estimate of drug-likeness (QED) is 0.537. The van der Waals surface area contributed by atoms with Gasteiger partial charge in [-0.1, -0.05) is 0 Å². The minimum atomic E-state index is 0.138. The van der Waals surface area contributed by atoms with Gasteiger partial charge in [0.25, 0.3) is 0 Å². The van der Waals surface area contributed by atoms with Gasteiger partial charge in [0.15, 0.2) is 0 Å². The third kappa shape index (κ3) is 1.68. The summed E-state index contributed by atoms with van der Waals surface area (Å²) in [5.74, 6) is 0. The second-order valence-corrected chi connectivity index (χ2v) is 3.00. The molecule has 0 aromatic rings. The van der Waals surface area contributed by atoms with Gasteiger partial charge in [-0.3, -0.25) is 0 Å². The lowest BCUT2D eigenvalue weighted by atomic mass is 9.89. The van der Waals surface area contributed by atoms with Crippen LogP contribution >= 0.6 is 0 Å². The number of ether oxygens (including phenoxy) is 1. The Morgan fingerprint density at radius 3 is 2.40 bits per heavy atom. The molecular formula is C7H16N2O. The highest BCUT2D eigenvalue weighted by molar-refractivity contribution is 4.85. The first-order valence-corrected chi connectivity index (χ1v) is 3.78. The van der Waals surface area contributed by atoms with Crippen molar-refractivity contribution < 1.29 is 4.74 Å². The molecule has 1 fully saturated rings. The minimum absolute atomic E-state index is 0.138. The Balaban J connectivity index is 2.33. The van der Waals surface area contributed by atoms with E-state index in [0.29, 0.717) is 6.10 Å². The second kappa shape index (κ2) is 3.32. The maximum atomic E-state index is 5.74. The summed E-state index contributed by atoms with van der Waals surface area (Å²) in [5, 5.41) is 0. The molecule has 0 saturated heterocycles. The van der Waals surface area contributed by atoms with Gasteiger partial charge in [-0.25, -0.2) is 0 Å². The summed E-state index contributed by atoms with van der Waals surface area (Å²) in [6.45, 7) is 0. The van der Waals surface area contributed by atoms with Crippen molar-refractivity contribution in [1.29, 1.82) is 0 Å². The van der Waals surface area contributed by atoms with Crippen LogP contribution in [0.2, 0.25) is 0 Å². The molecule has 3 nitrogen and oxygen atoms in total. The Bertz CT molecular complexity index is 108. The first-order chi connectivity index (χ1) is 4.74. The fourth-order valence-electron chi connectivity index (χ4n) is 1.40. The third-order valence-electron chi connectivity index (χ3n) is 2.24. The fourth-order valence-corrected chi connectivity index (χ4v) is 1.40. The van der Waals surface area contributed by atoms with Crippen LogP contribution in [0.25, 0.3) is 0 Å². The monoisotopic (exact) mass is 144 g/mol. The molecule has 3 heteroatoms. The van der Waals surface area contributed by atoms with E-state index in [1.54, 1.807) is 7.11 Å². The van der Waals surface area contributed by atoms with Crippen molar-refractivity contribution >= 4 is 0 Å². The van der Waals surface area contributed by atoms with Crippen LogP contribution in [-0.4, -0.2) is 25.3 Å². The highest BCUT2D eigenvalue weighted by Crippen LogP contribution is 2.18. The average molecular weight is 144 g/mol. The summed E-state index contributed by atoms with van der Waals surface area (Å²) < 4.78 is 5.17.